The average molecular weight is 446 g/mol. The highest BCUT2D eigenvalue weighted by Gasteiger charge is 2.19. The van der Waals surface area contributed by atoms with Gasteiger partial charge in [0.1, 0.15) is 17.9 Å². The van der Waals surface area contributed by atoms with Gasteiger partial charge < -0.3 is 9.64 Å². The molecule has 0 amide bonds. The molecule has 1 saturated heterocycles. The number of anilines is 1. The molecule has 0 unspecified atom stereocenters. The van der Waals surface area contributed by atoms with E-state index in [1.54, 1.807) is 18.3 Å². The molecular weight excluding hydrogens is 422 g/mol. The summed E-state index contributed by atoms with van der Waals surface area (Å²) in [5, 5.41) is 19.1. The summed E-state index contributed by atoms with van der Waals surface area (Å²) in [6.07, 6.45) is 6.38. The van der Waals surface area contributed by atoms with Crippen LogP contribution >= 0.6 is 0 Å². The van der Waals surface area contributed by atoms with E-state index in [1.165, 1.54) is 12.8 Å². The van der Waals surface area contributed by atoms with Crippen molar-refractivity contribution < 1.29 is 4.74 Å². The maximum absolute atomic E-state index is 9.54. The minimum Gasteiger partial charge on any atom is -0.455 e. The molecule has 0 radical (unpaired) electrons. The molecule has 1 aliphatic heterocycles. The van der Waals surface area contributed by atoms with Crippen molar-refractivity contribution in [2.24, 2.45) is 0 Å². The molecule has 1 aromatic heterocycles. The zero-order valence-corrected chi connectivity index (χ0v) is 18.7. The second-order valence-electron chi connectivity index (χ2n) is 8.36. The molecular formula is C28H23N5O. The first-order valence-electron chi connectivity index (χ1n) is 11.5. The Balaban J connectivity index is 1.46. The number of nitrogens with zero attached hydrogens (tertiary/aromatic N) is 5. The lowest BCUT2D eigenvalue weighted by Gasteiger charge is -2.25. The Morgan fingerprint density at radius 2 is 1.47 bits per heavy atom. The average Bonchev–Trinajstić information content (AvgIpc) is 3.18. The number of hydrogen-bond acceptors (Lipinski definition) is 6. The number of ether oxygens (including phenoxy) is 1. The Hall–Kier alpha value is -4.42. The number of aromatic nitrogens is 2. The lowest BCUT2D eigenvalue weighted by Crippen LogP contribution is -2.24. The van der Waals surface area contributed by atoms with Crippen molar-refractivity contribution in [2.75, 3.05) is 18.0 Å². The van der Waals surface area contributed by atoms with Crippen LogP contribution in [0.5, 0.6) is 11.5 Å². The summed E-state index contributed by atoms with van der Waals surface area (Å²) in [5.74, 6) is 1.25. The van der Waals surface area contributed by atoms with Gasteiger partial charge in [0, 0.05) is 24.7 Å². The monoisotopic (exact) mass is 445 g/mol. The van der Waals surface area contributed by atoms with Gasteiger partial charge >= 0.3 is 0 Å². The molecule has 0 N–H and O–H groups in total. The highest BCUT2D eigenvalue weighted by atomic mass is 16.5. The number of fused-ring (bicyclic) bond motifs is 1. The predicted molar refractivity (Wildman–Crippen MR) is 132 cm³/mol. The number of rotatable bonds is 4. The summed E-state index contributed by atoms with van der Waals surface area (Å²) in [7, 11) is 0. The van der Waals surface area contributed by atoms with Crippen LogP contribution in [0.2, 0.25) is 0 Å². The molecule has 2 heterocycles. The van der Waals surface area contributed by atoms with Gasteiger partial charge in [0.2, 0.25) is 0 Å². The molecule has 0 bridgehead atoms. The van der Waals surface area contributed by atoms with E-state index < -0.39 is 0 Å². The molecule has 0 spiro atoms. The second-order valence-corrected chi connectivity index (χ2v) is 8.36. The third kappa shape index (κ3) is 4.40. The first kappa shape index (κ1) is 21.4. The topological polar surface area (TPSA) is 85.8 Å². The molecule has 5 rings (SSSR count). The van der Waals surface area contributed by atoms with Gasteiger partial charge in [-0.1, -0.05) is 25.0 Å². The van der Waals surface area contributed by atoms with Crippen LogP contribution < -0.4 is 9.64 Å². The van der Waals surface area contributed by atoms with E-state index in [0.29, 0.717) is 22.6 Å². The summed E-state index contributed by atoms with van der Waals surface area (Å²) in [6, 6.07) is 23.2. The zero-order valence-electron chi connectivity index (χ0n) is 18.7. The quantitative estimate of drug-likeness (QED) is 0.371. The Labute approximate surface area is 198 Å². The van der Waals surface area contributed by atoms with Gasteiger partial charge in [0.25, 0.3) is 0 Å². The maximum atomic E-state index is 9.54. The molecule has 1 aliphatic rings. The summed E-state index contributed by atoms with van der Waals surface area (Å²) in [6.45, 7) is 1.82. The van der Waals surface area contributed by atoms with E-state index in [9.17, 15) is 10.5 Å². The van der Waals surface area contributed by atoms with Crippen molar-refractivity contribution in [3.05, 3.63) is 78.0 Å². The van der Waals surface area contributed by atoms with E-state index in [2.05, 4.69) is 22.0 Å². The number of para-hydroxylation sites is 2. The molecule has 166 valence electrons. The van der Waals surface area contributed by atoms with E-state index in [1.807, 2.05) is 48.5 Å². The predicted octanol–water partition coefficient (Wildman–Crippen LogP) is 6.21. The zero-order chi connectivity index (χ0) is 23.3. The normalized spacial score (nSPS) is 13.6. The second kappa shape index (κ2) is 9.60. The van der Waals surface area contributed by atoms with Crippen molar-refractivity contribution in [1.29, 1.82) is 10.5 Å². The molecule has 4 aromatic rings. The Morgan fingerprint density at radius 1 is 0.794 bits per heavy atom. The van der Waals surface area contributed by atoms with Gasteiger partial charge in [0.15, 0.2) is 5.75 Å². The van der Waals surface area contributed by atoms with Crippen LogP contribution in [0.25, 0.3) is 22.3 Å². The molecule has 1 fully saturated rings. The van der Waals surface area contributed by atoms with Crippen LogP contribution in [-0.2, 0) is 0 Å². The minimum absolute atomic E-state index is 0.319. The molecule has 0 saturated carbocycles. The van der Waals surface area contributed by atoms with Crippen LogP contribution in [0.4, 0.5) is 5.69 Å². The van der Waals surface area contributed by atoms with Crippen molar-refractivity contribution in [3.8, 4) is 34.9 Å². The van der Waals surface area contributed by atoms with Crippen molar-refractivity contribution in [2.45, 2.75) is 25.7 Å². The number of nitriles is 2. The van der Waals surface area contributed by atoms with E-state index >= 15 is 0 Å². The standard InChI is InChI=1S/C28H23N5O/c29-17-21-15-27(33-13-5-1-2-6-14-33)28(16-22(21)18-30)34-23-11-9-20(10-12-23)26-19-31-24-7-3-4-8-25(24)32-26/h3-4,7-12,15-16,19H,1-2,5-6,13-14H2. The molecule has 0 atom stereocenters. The fourth-order valence-electron chi connectivity index (χ4n) is 4.31. The van der Waals surface area contributed by atoms with Gasteiger partial charge in [-0.05, 0) is 55.3 Å². The van der Waals surface area contributed by atoms with Crippen molar-refractivity contribution in [3.63, 3.8) is 0 Å². The number of hydrogen-bond donors (Lipinski definition) is 0. The fraction of sp³-hybridized carbons (Fsp3) is 0.214. The summed E-state index contributed by atoms with van der Waals surface area (Å²) < 4.78 is 6.27. The van der Waals surface area contributed by atoms with Crippen LogP contribution in [0, 0.1) is 22.7 Å². The third-order valence-corrected chi connectivity index (χ3v) is 6.11. The van der Waals surface area contributed by atoms with Crippen LogP contribution in [-0.4, -0.2) is 23.1 Å². The Kier molecular flexibility index (Phi) is 6.05. The maximum Gasteiger partial charge on any atom is 0.152 e. The van der Waals surface area contributed by atoms with Gasteiger partial charge in [-0.2, -0.15) is 10.5 Å². The summed E-state index contributed by atoms with van der Waals surface area (Å²) in [4.78, 5) is 11.5. The first-order valence-corrected chi connectivity index (χ1v) is 11.5. The summed E-state index contributed by atoms with van der Waals surface area (Å²) >= 11 is 0. The van der Waals surface area contributed by atoms with Gasteiger partial charge in [-0.25, -0.2) is 4.98 Å². The van der Waals surface area contributed by atoms with Gasteiger partial charge in [-0.3, -0.25) is 4.98 Å². The smallest absolute Gasteiger partial charge is 0.152 e. The highest BCUT2D eigenvalue weighted by molar-refractivity contribution is 5.77. The lowest BCUT2D eigenvalue weighted by atomic mass is 10.1. The molecule has 0 aliphatic carbocycles. The van der Waals surface area contributed by atoms with Gasteiger partial charge in [0.05, 0.1) is 39.7 Å². The van der Waals surface area contributed by atoms with E-state index in [4.69, 9.17) is 9.72 Å². The largest absolute Gasteiger partial charge is 0.455 e. The van der Waals surface area contributed by atoms with Crippen LogP contribution in [0.15, 0.2) is 66.9 Å². The highest BCUT2D eigenvalue weighted by Crippen LogP contribution is 2.36. The summed E-state index contributed by atoms with van der Waals surface area (Å²) in [5.41, 5.74) is 5.00. The Morgan fingerprint density at radius 3 is 2.18 bits per heavy atom. The van der Waals surface area contributed by atoms with Crippen molar-refractivity contribution >= 4 is 16.7 Å². The SMILES string of the molecule is N#Cc1cc(Oc2ccc(-c3cnc4ccccc4n3)cc2)c(N2CCCCCC2)cc1C#N. The van der Waals surface area contributed by atoms with Crippen LogP contribution in [0.3, 0.4) is 0 Å². The van der Waals surface area contributed by atoms with Crippen LogP contribution in [0.1, 0.15) is 36.8 Å². The minimum atomic E-state index is 0.319. The molecule has 6 heteroatoms. The van der Waals surface area contributed by atoms with E-state index in [0.717, 1.165) is 53.9 Å². The van der Waals surface area contributed by atoms with E-state index in [-0.39, 0.29) is 0 Å². The van der Waals surface area contributed by atoms with Crippen molar-refractivity contribution in [1.82, 2.24) is 9.97 Å². The third-order valence-electron chi connectivity index (χ3n) is 6.11. The van der Waals surface area contributed by atoms with Gasteiger partial charge in [-0.15, -0.1) is 0 Å². The first-order chi connectivity index (χ1) is 16.7. The fourth-order valence-corrected chi connectivity index (χ4v) is 4.31. The number of benzene rings is 3. The Bertz CT molecular complexity index is 1410. The molecule has 3 aromatic carbocycles. The molecule has 6 nitrogen and oxygen atoms in total. The molecule has 34 heavy (non-hydrogen) atoms. The lowest BCUT2D eigenvalue weighted by molar-refractivity contribution is 0.481.